The summed E-state index contributed by atoms with van der Waals surface area (Å²) in [4.78, 5) is 14.6. The number of fused-ring (bicyclic) bond motifs is 1. The molecule has 2 fully saturated rings. The smallest absolute Gasteiger partial charge is 0.248 e. The van der Waals surface area contributed by atoms with E-state index in [-0.39, 0.29) is 5.91 Å². The minimum absolute atomic E-state index is 0.289. The molecule has 1 heterocycles. The highest BCUT2D eigenvalue weighted by molar-refractivity contribution is 5.93. The van der Waals surface area contributed by atoms with Gasteiger partial charge in [-0.05, 0) is 74.8 Å². The third-order valence-electron chi connectivity index (χ3n) is 7.44. The molecule has 1 saturated carbocycles. The van der Waals surface area contributed by atoms with E-state index >= 15 is 0 Å². The predicted molar refractivity (Wildman–Crippen MR) is 102 cm³/mol. The molecule has 1 aromatic rings. The molecule has 136 valence electrons. The number of benzene rings is 1. The van der Waals surface area contributed by atoms with Crippen LogP contribution in [0, 0.1) is 5.92 Å². The fraction of sp³-hybridized carbons (Fsp3) is 0.682. The lowest BCUT2D eigenvalue weighted by Crippen LogP contribution is -2.62. The van der Waals surface area contributed by atoms with E-state index in [9.17, 15) is 4.79 Å². The highest BCUT2D eigenvalue weighted by Crippen LogP contribution is 2.56. The van der Waals surface area contributed by atoms with Gasteiger partial charge < -0.3 is 5.73 Å². The first-order chi connectivity index (χ1) is 12.1. The number of likely N-dealkylation sites (tertiary alicyclic amines) is 1. The second-order valence-corrected chi connectivity index (χ2v) is 8.64. The molecule has 2 aliphatic carbocycles. The molecule has 0 radical (unpaired) electrons. The van der Waals surface area contributed by atoms with E-state index in [0.29, 0.717) is 23.1 Å². The highest BCUT2D eigenvalue weighted by atomic mass is 16.1. The number of primary amides is 1. The molecule has 2 bridgehead atoms. The van der Waals surface area contributed by atoms with Gasteiger partial charge in [0.15, 0.2) is 0 Å². The Hall–Kier alpha value is -1.35. The fourth-order valence-electron chi connectivity index (χ4n) is 6.32. The van der Waals surface area contributed by atoms with Crippen LogP contribution in [0.3, 0.4) is 0 Å². The third-order valence-corrected chi connectivity index (χ3v) is 7.44. The standard InChI is InChI=1S/C22H32N2O/c1-3-6-15(2)24-12-11-22-10-5-4-7-18(22)20(24)14-16-8-9-17(21(23)25)13-19(16)22/h8-9,13,15,18,20H,3-7,10-12,14H2,1-2H3,(H2,23,25)/t15-,18+,20-,22-/m1/s1. The Morgan fingerprint density at radius 3 is 2.96 bits per heavy atom. The van der Waals surface area contributed by atoms with Gasteiger partial charge in [-0.3, -0.25) is 9.69 Å². The second-order valence-electron chi connectivity index (χ2n) is 8.64. The zero-order valence-corrected chi connectivity index (χ0v) is 15.8. The number of hydrogen-bond acceptors (Lipinski definition) is 2. The van der Waals surface area contributed by atoms with E-state index in [0.717, 1.165) is 12.3 Å². The number of piperidine rings is 1. The Morgan fingerprint density at radius 1 is 1.36 bits per heavy atom. The van der Waals surface area contributed by atoms with Crippen LogP contribution in [0.2, 0.25) is 0 Å². The van der Waals surface area contributed by atoms with Crippen molar-refractivity contribution >= 4 is 5.91 Å². The fourth-order valence-corrected chi connectivity index (χ4v) is 6.32. The highest BCUT2D eigenvalue weighted by Gasteiger charge is 2.54. The number of hydrogen-bond donors (Lipinski definition) is 1. The summed E-state index contributed by atoms with van der Waals surface area (Å²) in [5.74, 6) is 0.465. The second kappa shape index (κ2) is 6.42. The molecule has 0 unspecified atom stereocenters. The Kier molecular flexibility index (Phi) is 4.39. The number of carbonyl (C=O) groups excluding carboxylic acids is 1. The molecule has 0 aromatic heterocycles. The van der Waals surface area contributed by atoms with E-state index in [2.05, 4.69) is 30.9 Å². The first-order valence-corrected chi connectivity index (χ1v) is 10.3. The van der Waals surface area contributed by atoms with Crippen molar-refractivity contribution in [3.05, 3.63) is 34.9 Å². The van der Waals surface area contributed by atoms with Crippen LogP contribution in [0.1, 0.15) is 80.3 Å². The maximum Gasteiger partial charge on any atom is 0.248 e. The number of amides is 1. The van der Waals surface area contributed by atoms with Gasteiger partial charge in [-0.1, -0.05) is 32.3 Å². The van der Waals surface area contributed by atoms with Gasteiger partial charge in [-0.2, -0.15) is 0 Å². The van der Waals surface area contributed by atoms with E-state index in [1.807, 2.05) is 6.07 Å². The van der Waals surface area contributed by atoms with Crippen molar-refractivity contribution in [2.75, 3.05) is 6.54 Å². The van der Waals surface area contributed by atoms with Gasteiger partial charge in [0, 0.05) is 23.1 Å². The Balaban J connectivity index is 1.77. The monoisotopic (exact) mass is 340 g/mol. The minimum atomic E-state index is -0.289. The molecule has 25 heavy (non-hydrogen) atoms. The molecule has 2 N–H and O–H groups in total. The van der Waals surface area contributed by atoms with E-state index < -0.39 is 0 Å². The van der Waals surface area contributed by atoms with Crippen LogP contribution in [0.25, 0.3) is 0 Å². The molecular weight excluding hydrogens is 308 g/mol. The normalized spacial score (nSPS) is 32.6. The Morgan fingerprint density at radius 2 is 2.20 bits per heavy atom. The topological polar surface area (TPSA) is 46.3 Å². The SMILES string of the molecule is CCC[C@@H](C)N1CC[C@]23CCCC[C@H]2[C@H]1Cc1ccc(C(N)=O)cc13. The summed E-state index contributed by atoms with van der Waals surface area (Å²) < 4.78 is 0. The maximum atomic E-state index is 11.7. The van der Waals surface area contributed by atoms with Crippen LogP contribution < -0.4 is 5.73 Å². The third kappa shape index (κ3) is 2.63. The molecule has 1 saturated heterocycles. The molecule has 1 amide bonds. The van der Waals surface area contributed by atoms with Crippen LogP contribution >= 0.6 is 0 Å². The zero-order valence-electron chi connectivity index (χ0n) is 15.8. The lowest BCUT2D eigenvalue weighted by Gasteiger charge is -2.60. The number of rotatable bonds is 4. The number of nitrogens with zero attached hydrogens (tertiary/aromatic N) is 1. The largest absolute Gasteiger partial charge is 0.366 e. The summed E-state index contributed by atoms with van der Waals surface area (Å²) in [6.07, 6.45) is 10.3. The van der Waals surface area contributed by atoms with Crippen molar-refractivity contribution in [1.82, 2.24) is 4.90 Å². The Bertz CT molecular complexity index is 670. The molecule has 4 rings (SSSR count). The van der Waals surface area contributed by atoms with E-state index in [1.165, 1.54) is 62.6 Å². The summed E-state index contributed by atoms with van der Waals surface area (Å²) >= 11 is 0. The van der Waals surface area contributed by atoms with Crippen LogP contribution in [-0.4, -0.2) is 29.4 Å². The molecule has 3 heteroatoms. The zero-order chi connectivity index (χ0) is 17.6. The van der Waals surface area contributed by atoms with E-state index in [4.69, 9.17) is 5.73 Å². The average Bonchev–Trinajstić information content (AvgIpc) is 2.61. The van der Waals surface area contributed by atoms with Crippen molar-refractivity contribution in [2.45, 2.75) is 82.7 Å². The van der Waals surface area contributed by atoms with Gasteiger partial charge in [-0.15, -0.1) is 0 Å². The molecule has 0 spiro atoms. The summed E-state index contributed by atoms with van der Waals surface area (Å²) in [7, 11) is 0. The van der Waals surface area contributed by atoms with Crippen LogP contribution in [-0.2, 0) is 11.8 Å². The minimum Gasteiger partial charge on any atom is -0.366 e. The maximum absolute atomic E-state index is 11.7. The molecule has 3 nitrogen and oxygen atoms in total. The Labute approximate surface area is 152 Å². The first kappa shape index (κ1) is 17.1. The number of carbonyl (C=O) groups is 1. The van der Waals surface area contributed by atoms with Crippen molar-refractivity contribution in [1.29, 1.82) is 0 Å². The molecule has 3 aliphatic rings. The van der Waals surface area contributed by atoms with Crippen LogP contribution in [0.5, 0.6) is 0 Å². The van der Waals surface area contributed by atoms with Crippen molar-refractivity contribution in [2.24, 2.45) is 11.7 Å². The van der Waals surface area contributed by atoms with Gasteiger partial charge >= 0.3 is 0 Å². The molecule has 1 aromatic carbocycles. The van der Waals surface area contributed by atoms with Gasteiger partial charge in [0.2, 0.25) is 5.91 Å². The van der Waals surface area contributed by atoms with Crippen LogP contribution in [0.4, 0.5) is 0 Å². The summed E-state index contributed by atoms with van der Waals surface area (Å²) in [5.41, 5.74) is 9.52. The quantitative estimate of drug-likeness (QED) is 0.899. The average molecular weight is 341 g/mol. The molecular formula is C22H32N2O. The van der Waals surface area contributed by atoms with Crippen LogP contribution in [0.15, 0.2) is 18.2 Å². The first-order valence-electron chi connectivity index (χ1n) is 10.3. The van der Waals surface area contributed by atoms with Gasteiger partial charge in [0.25, 0.3) is 0 Å². The summed E-state index contributed by atoms with van der Waals surface area (Å²) in [6, 6.07) is 7.65. The van der Waals surface area contributed by atoms with Crippen molar-refractivity contribution in [3.8, 4) is 0 Å². The lowest BCUT2D eigenvalue weighted by molar-refractivity contribution is -0.0316. The van der Waals surface area contributed by atoms with Gasteiger partial charge in [-0.25, -0.2) is 0 Å². The lowest BCUT2D eigenvalue weighted by atomic mass is 9.52. The van der Waals surface area contributed by atoms with Gasteiger partial charge in [0.1, 0.15) is 0 Å². The van der Waals surface area contributed by atoms with Gasteiger partial charge in [0.05, 0.1) is 0 Å². The number of nitrogens with two attached hydrogens (primary N) is 1. The molecule has 1 aliphatic heterocycles. The van der Waals surface area contributed by atoms with Crippen molar-refractivity contribution < 1.29 is 4.79 Å². The molecule has 4 atom stereocenters. The van der Waals surface area contributed by atoms with Crippen molar-refractivity contribution in [3.63, 3.8) is 0 Å². The predicted octanol–water partition coefficient (Wildman–Crippen LogP) is 4.03. The summed E-state index contributed by atoms with van der Waals surface area (Å²) in [6.45, 7) is 5.93. The summed E-state index contributed by atoms with van der Waals surface area (Å²) in [5, 5.41) is 0. The van der Waals surface area contributed by atoms with E-state index in [1.54, 1.807) is 0 Å².